The molecule has 0 aliphatic heterocycles. The lowest BCUT2D eigenvalue weighted by Crippen LogP contribution is -2.20. The topological polar surface area (TPSA) is 65.1 Å². The molecule has 0 radical (unpaired) electrons. The summed E-state index contributed by atoms with van der Waals surface area (Å²) in [5.41, 5.74) is 8.35. The van der Waals surface area contributed by atoms with Crippen molar-refractivity contribution in [2.45, 2.75) is 6.42 Å². The molecule has 0 atom stereocenters. The van der Waals surface area contributed by atoms with Crippen molar-refractivity contribution < 1.29 is 0 Å². The number of nitrogens with zero attached hydrogens (tertiary/aromatic N) is 2. The van der Waals surface area contributed by atoms with Crippen LogP contribution in [-0.4, -0.2) is 32.1 Å². The van der Waals surface area contributed by atoms with Gasteiger partial charge in [-0.15, -0.1) is 0 Å². The summed E-state index contributed by atoms with van der Waals surface area (Å²) >= 11 is 0. The molecule has 4 nitrogen and oxygen atoms in total. The second-order valence-electron chi connectivity index (χ2n) is 3.98. The number of hydrogen-bond donors (Lipinski definition) is 2. The molecule has 0 saturated carbocycles. The highest BCUT2D eigenvalue weighted by Crippen LogP contribution is 2.17. The van der Waals surface area contributed by atoms with Crippen molar-refractivity contribution in [2.75, 3.05) is 38.2 Å². The maximum Gasteiger partial charge on any atom is 0.0670 e. The highest BCUT2D eigenvalue weighted by Gasteiger charge is 2.00. The van der Waals surface area contributed by atoms with Crippen LogP contribution in [0.25, 0.3) is 0 Å². The van der Waals surface area contributed by atoms with Crippen molar-refractivity contribution in [3.05, 3.63) is 23.8 Å². The van der Waals surface area contributed by atoms with E-state index in [-0.39, 0.29) is 0 Å². The maximum absolute atomic E-state index is 8.65. The van der Waals surface area contributed by atoms with E-state index in [9.17, 15) is 0 Å². The predicted octanol–water partition coefficient (Wildman–Crippen LogP) is 1.31. The van der Waals surface area contributed by atoms with Gasteiger partial charge in [0.1, 0.15) is 0 Å². The van der Waals surface area contributed by atoms with Crippen LogP contribution in [0, 0.1) is 11.3 Å². The first-order valence-electron chi connectivity index (χ1n) is 5.27. The van der Waals surface area contributed by atoms with Gasteiger partial charge in [-0.1, -0.05) is 0 Å². The van der Waals surface area contributed by atoms with Crippen LogP contribution in [0.15, 0.2) is 18.2 Å². The SMILES string of the molecule is CN(C)CCNc1ccc(N)c(CC#N)c1. The average molecular weight is 218 g/mol. The highest BCUT2D eigenvalue weighted by molar-refractivity contribution is 5.57. The molecule has 0 bridgehead atoms. The summed E-state index contributed by atoms with van der Waals surface area (Å²) < 4.78 is 0. The van der Waals surface area contributed by atoms with Crippen molar-refractivity contribution in [1.29, 1.82) is 5.26 Å². The molecule has 0 aliphatic rings. The number of benzene rings is 1. The predicted molar refractivity (Wildman–Crippen MR) is 67.2 cm³/mol. The molecular weight excluding hydrogens is 200 g/mol. The number of anilines is 2. The number of nitrogens with one attached hydrogen (secondary N) is 1. The first kappa shape index (κ1) is 12.3. The van der Waals surface area contributed by atoms with Crippen LogP contribution >= 0.6 is 0 Å². The van der Waals surface area contributed by atoms with Gasteiger partial charge in [0, 0.05) is 24.5 Å². The van der Waals surface area contributed by atoms with Crippen molar-refractivity contribution in [2.24, 2.45) is 0 Å². The van der Waals surface area contributed by atoms with E-state index in [4.69, 9.17) is 11.0 Å². The van der Waals surface area contributed by atoms with Crippen LogP contribution in [0.1, 0.15) is 5.56 Å². The molecule has 0 aliphatic carbocycles. The number of nitrogens with two attached hydrogens (primary N) is 1. The fraction of sp³-hybridized carbons (Fsp3) is 0.417. The Labute approximate surface area is 96.7 Å². The van der Waals surface area contributed by atoms with Gasteiger partial charge in [-0.3, -0.25) is 0 Å². The maximum atomic E-state index is 8.65. The van der Waals surface area contributed by atoms with E-state index in [0.29, 0.717) is 12.1 Å². The Morgan fingerprint density at radius 1 is 1.44 bits per heavy atom. The van der Waals surface area contributed by atoms with Crippen LogP contribution in [0.4, 0.5) is 11.4 Å². The molecule has 3 N–H and O–H groups in total. The fourth-order valence-electron chi connectivity index (χ4n) is 1.38. The van der Waals surface area contributed by atoms with Crippen LogP contribution in [0.3, 0.4) is 0 Å². The number of hydrogen-bond acceptors (Lipinski definition) is 4. The van der Waals surface area contributed by atoms with Gasteiger partial charge < -0.3 is 16.0 Å². The Morgan fingerprint density at radius 2 is 2.19 bits per heavy atom. The van der Waals surface area contributed by atoms with E-state index in [0.717, 1.165) is 24.3 Å². The van der Waals surface area contributed by atoms with Gasteiger partial charge >= 0.3 is 0 Å². The molecule has 1 aromatic rings. The van der Waals surface area contributed by atoms with Crippen LogP contribution < -0.4 is 11.1 Å². The normalized spacial score (nSPS) is 10.1. The van der Waals surface area contributed by atoms with Gasteiger partial charge in [0.05, 0.1) is 12.5 Å². The van der Waals surface area contributed by atoms with Gasteiger partial charge in [0.15, 0.2) is 0 Å². The summed E-state index contributed by atoms with van der Waals surface area (Å²) in [5.74, 6) is 0. The van der Waals surface area contributed by atoms with E-state index in [1.54, 1.807) is 0 Å². The first-order valence-corrected chi connectivity index (χ1v) is 5.27. The van der Waals surface area contributed by atoms with E-state index < -0.39 is 0 Å². The lowest BCUT2D eigenvalue weighted by atomic mass is 10.1. The number of nitriles is 1. The minimum atomic E-state index is 0.356. The third kappa shape index (κ3) is 3.79. The lowest BCUT2D eigenvalue weighted by Gasteiger charge is -2.12. The summed E-state index contributed by atoms with van der Waals surface area (Å²) in [6, 6.07) is 7.82. The molecule has 0 saturated heterocycles. The summed E-state index contributed by atoms with van der Waals surface area (Å²) in [6.45, 7) is 1.85. The first-order chi connectivity index (χ1) is 7.63. The van der Waals surface area contributed by atoms with E-state index in [1.807, 2.05) is 32.3 Å². The largest absolute Gasteiger partial charge is 0.398 e. The summed E-state index contributed by atoms with van der Waals surface area (Å²) in [4.78, 5) is 2.11. The summed E-state index contributed by atoms with van der Waals surface area (Å²) in [6.07, 6.45) is 0.356. The van der Waals surface area contributed by atoms with Gasteiger partial charge in [-0.25, -0.2) is 0 Å². The molecule has 0 aromatic heterocycles. The van der Waals surface area contributed by atoms with Crippen molar-refractivity contribution >= 4 is 11.4 Å². The molecule has 16 heavy (non-hydrogen) atoms. The summed E-state index contributed by atoms with van der Waals surface area (Å²) in [5, 5.41) is 11.9. The number of nitrogen functional groups attached to an aromatic ring is 1. The minimum absolute atomic E-state index is 0.356. The fourth-order valence-corrected chi connectivity index (χ4v) is 1.38. The van der Waals surface area contributed by atoms with Crippen molar-refractivity contribution in [3.8, 4) is 6.07 Å². The molecule has 0 heterocycles. The second-order valence-corrected chi connectivity index (χ2v) is 3.98. The monoisotopic (exact) mass is 218 g/mol. The second kappa shape index (κ2) is 5.99. The van der Waals surface area contributed by atoms with Crippen LogP contribution in [0.5, 0.6) is 0 Å². The number of likely N-dealkylation sites (N-methyl/N-ethyl adjacent to an activating group) is 1. The molecule has 0 fully saturated rings. The van der Waals surface area contributed by atoms with Gasteiger partial charge in [-0.05, 0) is 37.9 Å². The van der Waals surface area contributed by atoms with Gasteiger partial charge in [-0.2, -0.15) is 5.26 Å². The van der Waals surface area contributed by atoms with E-state index in [2.05, 4.69) is 16.3 Å². The van der Waals surface area contributed by atoms with Crippen LogP contribution in [-0.2, 0) is 6.42 Å². The zero-order valence-corrected chi connectivity index (χ0v) is 9.83. The zero-order valence-electron chi connectivity index (χ0n) is 9.83. The van der Waals surface area contributed by atoms with Crippen molar-refractivity contribution in [3.63, 3.8) is 0 Å². The molecule has 0 spiro atoms. The smallest absolute Gasteiger partial charge is 0.0670 e. The average Bonchev–Trinajstić information content (AvgIpc) is 2.22. The Morgan fingerprint density at radius 3 is 2.81 bits per heavy atom. The number of rotatable bonds is 5. The third-order valence-corrected chi connectivity index (χ3v) is 2.30. The van der Waals surface area contributed by atoms with Gasteiger partial charge in [0.25, 0.3) is 0 Å². The Hall–Kier alpha value is -1.73. The quantitative estimate of drug-likeness (QED) is 0.731. The molecule has 4 heteroatoms. The Kier molecular flexibility index (Phi) is 4.62. The molecular formula is C12H18N4. The minimum Gasteiger partial charge on any atom is -0.398 e. The summed E-state index contributed by atoms with van der Waals surface area (Å²) in [7, 11) is 4.07. The van der Waals surface area contributed by atoms with Crippen LogP contribution in [0.2, 0.25) is 0 Å². The molecule has 0 amide bonds. The van der Waals surface area contributed by atoms with Gasteiger partial charge in [0.2, 0.25) is 0 Å². The molecule has 1 aromatic carbocycles. The molecule has 0 unspecified atom stereocenters. The third-order valence-electron chi connectivity index (χ3n) is 2.30. The Balaban J connectivity index is 2.61. The van der Waals surface area contributed by atoms with E-state index in [1.165, 1.54) is 0 Å². The standard InChI is InChI=1S/C12H18N4/c1-16(2)8-7-15-11-3-4-12(14)10(9-11)5-6-13/h3-4,9,15H,5,7-8,14H2,1-2H3. The molecule has 1 rings (SSSR count). The van der Waals surface area contributed by atoms with E-state index >= 15 is 0 Å². The highest BCUT2D eigenvalue weighted by atomic mass is 15.1. The molecule has 86 valence electrons. The lowest BCUT2D eigenvalue weighted by molar-refractivity contribution is 0.425. The zero-order chi connectivity index (χ0) is 12.0. The van der Waals surface area contributed by atoms with Crippen molar-refractivity contribution in [1.82, 2.24) is 4.90 Å². The Bertz CT molecular complexity index is 379.